The molecule has 0 radical (unpaired) electrons. The molecular weight excluding hydrogens is 397 g/mol. The largest absolute Gasteiger partial charge is 0.335 e. The van der Waals surface area contributed by atoms with E-state index in [1.807, 2.05) is 6.07 Å². The number of rotatable bonds is 2. The molecule has 2 aliphatic heterocycles. The zero-order valence-corrected chi connectivity index (χ0v) is 16.4. The van der Waals surface area contributed by atoms with Crippen LogP contribution in [-0.2, 0) is 0 Å². The van der Waals surface area contributed by atoms with E-state index >= 15 is 0 Å². The number of halogens is 2. The maximum atomic E-state index is 9.78. The first kappa shape index (κ1) is 17.7. The van der Waals surface area contributed by atoms with Crippen molar-refractivity contribution in [1.82, 2.24) is 20.2 Å². The number of nitrogens with zero attached hydrogens (tertiary/aromatic N) is 5. The maximum Gasteiger partial charge on any atom is 0.229 e. The first-order valence-electron chi connectivity index (χ1n) is 9.21. The number of benzene rings is 1. The summed E-state index contributed by atoms with van der Waals surface area (Å²) in [6.45, 7) is 0. The van der Waals surface area contributed by atoms with E-state index < -0.39 is 0 Å². The van der Waals surface area contributed by atoms with E-state index in [-0.39, 0.29) is 11.7 Å². The molecule has 0 amide bonds. The van der Waals surface area contributed by atoms with Crippen LogP contribution in [-0.4, -0.2) is 38.3 Å². The molecule has 1 aromatic carbocycles. The summed E-state index contributed by atoms with van der Waals surface area (Å²) in [6.07, 6.45) is 4.00. The van der Waals surface area contributed by atoms with E-state index in [1.165, 1.54) is 0 Å². The number of fused-ring (bicyclic) bond motifs is 3. The van der Waals surface area contributed by atoms with Crippen LogP contribution in [0.5, 0.6) is 0 Å². The van der Waals surface area contributed by atoms with Gasteiger partial charge in [0, 0.05) is 23.7 Å². The number of piperidine rings is 1. The summed E-state index contributed by atoms with van der Waals surface area (Å²) >= 11 is 12.5. The number of H-pyrrole nitrogens is 1. The monoisotopic (exact) mass is 413 g/mol. The Kier molecular flexibility index (Phi) is 4.16. The fourth-order valence-electron chi connectivity index (χ4n) is 4.54. The molecule has 4 heterocycles. The van der Waals surface area contributed by atoms with Gasteiger partial charge in [0.1, 0.15) is 11.8 Å². The second kappa shape index (κ2) is 6.59. The molecule has 2 fully saturated rings. The molecule has 3 N–H and O–H groups in total. The van der Waals surface area contributed by atoms with Gasteiger partial charge in [-0.05, 0) is 31.7 Å². The van der Waals surface area contributed by atoms with Crippen LogP contribution in [0.1, 0.15) is 31.4 Å². The summed E-state index contributed by atoms with van der Waals surface area (Å²) in [6, 6.07) is 8.37. The molecule has 2 aliphatic rings. The second-order valence-corrected chi connectivity index (χ2v) is 8.19. The Morgan fingerprint density at radius 1 is 1.18 bits per heavy atom. The fraction of sp³-hybridized carbons (Fsp3) is 0.368. The van der Waals surface area contributed by atoms with Gasteiger partial charge in [-0.15, -0.1) is 0 Å². The van der Waals surface area contributed by atoms with Crippen LogP contribution in [0.4, 0.5) is 5.95 Å². The molecule has 3 aromatic rings. The van der Waals surface area contributed by atoms with Gasteiger partial charge in [-0.1, -0.05) is 35.3 Å². The van der Waals surface area contributed by atoms with Crippen molar-refractivity contribution in [3.8, 4) is 17.3 Å². The Morgan fingerprint density at radius 2 is 1.93 bits per heavy atom. The van der Waals surface area contributed by atoms with Gasteiger partial charge in [0.05, 0.1) is 15.4 Å². The number of nitrogens with one attached hydrogen (secondary N) is 1. The number of aromatic amines is 1. The lowest BCUT2D eigenvalue weighted by atomic mass is 9.99. The lowest BCUT2D eigenvalue weighted by molar-refractivity contribution is 0.409. The Morgan fingerprint density at radius 3 is 2.64 bits per heavy atom. The lowest BCUT2D eigenvalue weighted by Crippen LogP contribution is -2.48. The third kappa shape index (κ3) is 2.64. The van der Waals surface area contributed by atoms with Crippen LogP contribution in [0.2, 0.25) is 10.0 Å². The SMILES string of the molecule is N#Cc1nc(N2[C@@H]3CC[C@H]2C[C@@H](N)C3)nc2[nH]nc(-c3cccc(Cl)c3Cl)c12. The van der Waals surface area contributed by atoms with E-state index in [9.17, 15) is 5.26 Å². The van der Waals surface area contributed by atoms with Crippen LogP contribution >= 0.6 is 23.2 Å². The predicted octanol–water partition coefficient (Wildman–Crippen LogP) is 3.66. The van der Waals surface area contributed by atoms with Gasteiger partial charge in [0.15, 0.2) is 11.3 Å². The Balaban J connectivity index is 1.65. The summed E-state index contributed by atoms with van der Waals surface area (Å²) in [7, 11) is 0. The van der Waals surface area contributed by atoms with Gasteiger partial charge < -0.3 is 10.6 Å². The molecule has 28 heavy (non-hydrogen) atoms. The number of aromatic nitrogens is 4. The Bertz CT molecular complexity index is 1110. The molecule has 9 heteroatoms. The molecule has 142 valence electrons. The zero-order chi connectivity index (χ0) is 19.4. The highest BCUT2D eigenvalue weighted by molar-refractivity contribution is 6.43. The molecule has 2 aromatic heterocycles. The third-order valence-corrected chi connectivity index (χ3v) is 6.54. The lowest BCUT2D eigenvalue weighted by Gasteiger charge is -2.37. The highest BCUT2D eigenvalue weighted by Gasteiger charge is 2.41. The number of hydrogen-bond acceptors (Lipinski definition) is 6. The van der Waals surface area contributed by atoms with E-state index in [1.54, 1.807) is 12.1 Å². The molecule has 5 rings (SSSR count). The number of nitrogens with two attached hydrogens (primary N) is 1. The average Bonchev–Trinajstić information content (AvgIpc) is 3.22. The average molecular weight is 414 g/mol. The summed E-state index contributed by atoms with van der Waals surface area (Å²) in [5, 5.41) is 18.4. The van der Waals surface area contributed by atoms with Gasteiger partial charge in [-0.2, -0.15) is 15.3 Å². The Hall–Kier alpha value is -2.40. The minimum Gasteiger partial charge on any atom is -0.335 e. The molecular formula is C19H17Cl2N7. The summed E-state index contributed by atoms with van der Waals surface area (Å²) < 4.78 is 0. The van der Waals surface area contributed by atoms with E-state index in [0.717, 1.165) is 25.7 Å². The van der Waals surface area contributed by atoms with Crippen molar-refractivity contribution in [2.24, 2.45) is 5.73 Å². The van der Waals surface area contributed by atoms with Crippen molar-refractivity contribution < 1.29 is 0 Å². The normalized spacial score (nSPS) is 23.9. The van der Waals surface area contributed by atoms with Gasteiger partial charge in [0.25, 0.3) is 0 Å². The van der Waals surface area contributed by atoms with Crippen LogP contribution < -0.4 is 10.6 Å². The van der Waals surface area contributed by atoms with Gasteiger partial charge in [-0.25, -0.2) is 4.98 Å². The first-order valence-corrected chi connectivity index (χ1v) is 9.97. The summed E-state index contributed by atoms with van der Waals surface area (Å²) in [5.74, 6) is 0.566. The second-order valence-electron chi connectivity index (χ2n) is 7.40. The van der Waals surface area contributed by atoms with Gasteiger partial charge in [0.2, 0.25) is 5.95 Å². The third-order valence-electron chi connectivity index (χ3n) is 5.72. The van der Waals surface area contributed by atoms with E-state index in [4.69, 9.17) is 33.9 Å². The highest BCUT2D eigenvalue weighted by Crippen LogP contribution is 2.40. The number of anilines is 1. The van der Waals surface area contributed by atoms with Gasteiger partial charge >= 0.3 is 0 Å². The molecule has 3 atom stereocenters. The minimum atomic E-state index is 0.219. The van der Waals surface area contributed by atoms with Crippen molar-refractivity contribution in [3.63, 3.8) is 0 Å². The molecule has 7 nitrogen and oxygen atoms in total. The summed E-state index contributed by atoms with van der Waals surface area (Å²) in [4.78, 5) is 11.5. The van der Waals surface area contributed by atoms with Crippen molar-refractivity contribution in [2.75, 3.05) is 4.90 Å². The van der Waals surface area contributed by atoms with Gasteiger partial charge in [-0.3, -0.25) is 5.10 Å². The standard InChI is InChI=1S/C19H17Cl2N7/c20-13-3-1-2-12(16(13)21)17-15-14(8-22)24-19(25-18(15)27-26-17)28-10-4-5-11(28)7-9(23)6-10/h1-3,9-11H,4-7,23H2,(H,24,25,26,27)/t9-,10+,11-. The molecule has 0 spiro atoms. The fourth-order valence-corrected chi connectivity index (χ4v) is 4.93. The smallest absolute Gasteiger partial charge is 0.229 e. The molecule has 0 unspecified atom stereocenters. The summed E-state index contributed by atoms with van der Waals surface area (Å²) in [5.41, 5.74) is 8.12. The van der Waals surface area contributed by atoms with Crippen LogP contribution in [0.15, 0.2) is 18.2 Å². The number of hydrogen-bond donors (Lipinski definition) is 2. The topological polar surface area (TPSA) is 108 Å². The van der Waals surface area contributed by atoms with Crippen LogP contribution in [0, 0.1) is 11.3 Å². The highest BCUT2D eigenvalue weighted by atomic mass is 35.5. The quantitative estimate of drug-likeness (QED) is 0.663. The first-order chi connectivity index (χ1) is 13.6. The van der Waals surface area contributed by atoms with Crippen molar-refractivity contribution in [1.29, 1.82) is 5.26 Å². The van der Waals surface area contributed by atoms with E-state index in [0.29, 0.717) is 50.4 Å². The minimum absolute atomic E-state index is 0.219. The molecule has 0 saturated carbocycles. The van der Waals surface area contributed by atoms with Crippen LogP contribution in [0.3, 0.4) is 0 Å². The number of nitriles is 1. The predicted molar refractivity (Wildman–Crippen MR) is 108 cm³/mol. The molecule has 0 aliphatic carbocycles. The zero-order valence-electron chi connectivity index (χ0n) is 14.9. The van der Waals surface area contributed by atoms with Crippen molar-refractivity contribution in [2.45, 2.75) is 43.8 Å². The van der Waals surface area contributed by atoms with Crippen molar-refractivity contribution >= 4 is 40.2 Å². The van der Waals surface area contributed by atoms with E-state index in [2.05, 4.69) is 26.2 Å². The molecule has 2 bridgehead atoms. The maximum absolute atomic E-state index is 9.78. The van der Waals surface area contributed by atoms with Crippen molar-refractivity contribution in [3.05, 3.63) is 33.9 Å². The molecule has 2 saturated heterocycles. The Labute approximate surface area is 171 Å². The van der Waals surface area contributed by atoms with Crippen LogP contribution in [0.25, 0.3) is 22.3 Å².